The Morgan fingerprint density at radius 2 is 2.29 bits per heavy atom. The summed E-state index contributed by atoms with van der Waals surface area (Å²) in [5.41, 5.74) is 0.733. The Hall–Kier alpha value is -0.920. The summed E-state index contributed by atoms with van der Waals surface area (Å²) in [4.78, 5) is 17.8. The van der Waals surface area contributed by atoms with Crippen molar-refractivity contribution in [1.82, 2.24) is 5.32 Å². The van der Waals surface area contributed by atoms with Gasteiger partial charge in [0.15, 0.2) is 6.61 Å². The van der Waals surface area contributed by atoms with Crippen LogP contribution in [0.1, 0.15) is 37.5 Å². The number of aliphatic hydroxyl groups is 1. The summed E-state index contributed by atoms with van der Waals surface area (Å²) in [5, 5.41) is 16.5. The van der Waals surface area contributed by atoms with E-state index in [1.165, 1.54) is 0 Å². The highest BCUT2D eigenvalue weighted by Crippen LogP contribution is 2.22. The van der Waals surface area contributed by atoms with Crippen molar-refractivity contribution in [2.75, 3.05) is 6.61 Å². The van der Waals surface area contributed by atoms with E-state index in [0.717, 1.165) is 40.1 Å². The van der Waals surface area contributed by atoms with Crippen molar-refractivity contribution in [1.29, 1.82) is 0 Å². The summed E-state index contributed by atoms with van der Waals surface area (Å²) in [7, 11) is 0. The zero-order valence-electron chi connectivity index (χ0n) is 11.8. The molecule has 0 aromatic carbocycles. The maximum absolute atomic E-state index is 11.8. The molecule has 0 radical (unpaired) electrons. The molecule has 7 heteroatoms. The van der Waals surface area contributed by atoms with Crippen LogP contribution in [0.25, 0.3) is 0 Å². The summed E-state index contributed by atoms with van der Waals surface area (Å²) in [5.74, 6) is -0.245. The fraction of sp³-hybridized carbons (Fsp3) is 0.571. The summed E-state index contributed by atoms with van der Waals surface area (Å²) < 4.78 is 1.02. The molecule has 2 N–H and O–H groups in total. The Morgan fingerprint density at radius 1 is 1.52 bits per heavy atom. The van der Waals surface area contributed by atoms with Crippen LogP contribution in [0.3, 0.4) is 0 Å². The smallest absolute Gasteiger partial charge is 0.261 e. The van der Waals surface area contributed by atoms with E-state index in [1.807, 2.05) is 19.1 Å². The van der Waals surface area contributed by atoms with Gasteiger partial charge in [-0.1, -0.05) is 18.0 Å². The summed E-state index contributed by atoms with van der Waals surface area (Å²) in [6, 6.07) is 3.72. The second-order valence-electron chi connectivity index (χ2n) is 5.08. The van der Waals surface area contributed by atoms with Crippen LogP contribution in [-0.4, -0.2) is 35.5 Å². The number of rotatable bonds is 5. The van der Waals surface area contributed by atoms with Crippen LogP contribution in [-0.2, 0) is 9.63 Å². The van der Waals surface area contributed by atoms with Crippen molar-refractivity contribution in [3.05, 3.63) is 20.8 Å². The fourth-order valence-corrected chi connectivity index (χ4v) is 3.59. The third-order valence-electron chi connectivity index (χ3n) is 3.40. The highest BCUT2D eigenvalue weighted by atomic mass is 79.9. The number of hydrogen-bond donors (Lipinski definition) is 2. The minimum Gasteiger partial charge on any atom is -0.391 e. The molecular formula is C14H19BrN2O3S. The number of carbonyl (C=O) groups excluding carboxylic acids is 1. The first-order chi connectivity index (χ1) is 10.1. The minimum absolute atomic E-state index is 0.132. The third-order valence-corrected chi connectivity index (χ3v) is 5.14. The Morgan fingerprint density at radius 3 is 2.95 bits per heavy atom. The average Bonchev–Trinajstić information content (AvgIpc) is 2.88. The van der Waals surface area contributed by atoms with Gasteiger partial charge in [-0.05, 0) is 47.8 Å². The Labute approximate surface area is 136 Å². The van der Waals surface area contributed by atoms with Crippen molar-refractivity contribution in [3.8, 4) is 0 Å². The number of oxime groups is 1. The van der Waals surface area contributed by atoms with Gasteiger partial charge in [0.1, 0.15) is 0 Å². The monoisotopic (exact) mass is 374 g/mol. The number of nitrogens with one attached hydrogen (secondary N) is 1. The average molecular weight is 375 g/mol. The summed E-state index contributed by atoms with van der Waals surface area (Å²) in [6.45, 7) is 1.70. The van der Waals surface area contributed by atoms with E-state index in [0.29, 0.717) is 0 Å². The highest BCUT2D eigenvalue weighted by Gasteiger charge is 2.24. The van der Waals surface area contributed by atoms with Gasteiger partial charge in [0.05, 0.1) is 26.5 Å². The number of carbonyl (C=O) groups is 1. The quantitative estimate of drug-likeness (QED) is 0.614. The standard InChI is InChI=1S/C14H19BrN2O3S/c1-9(12-6-7-13(15)21-12)17-20-8-14(19)16-10-4-2-3-5-11(10)18/h6-7,10-11,18H,2-5,8H2,1H3,(H,16,19)/b17-9+. The van der Waals surface area contributed by atoms with Crippen LogP contribution < -0.4 is 5.32 Å². The van der Waals surface area contributed by atoms with E-state index in [9.17, 15) is 9.90 Å². The van der Waals surface area contributed by atoms with Crippen LogP contribution in [0.4, 0.5) is 0 Å². The first kappa shape index (κ1) is 16.5. The number of amides is 1. The number of aliphatic hydroxyl groups excluding tert-OH is 1. The Kier molecular flexibility index (Phi) is 6.20. The van der Waals surface area contributed by atoms with E-state index in [-0.39, 0.29) is 18.6 Å². The minimum atomic E-state index is -0.448. The predicted molar refractivity (Wildman–Crippen MR) is 86.6 cm³/mol. The van der Waals surface area contributed by atoms with Crippen molar-refractivity contribution >= 4 is 38.9 Å². The molecule has 1 fully saturated rings. The summed E-state index contributed by atoms with van der Waals surface area (Å²) >= 11 is 4.94. The van der Waals surface area contributed by atoms with Gasteiger partial charge < -0.3 is 15.3 Å². The largest absolute Gasteiger partial charge is 0.391 e. The van der Waals surface area contributed by atoms with Crippen molar-refractivity contribution in [3.63, 3.8) is 0 Å². The van der Waals surface area contributed by atoms with Crippen molar-refractivity contribution in [2.45, 2.75) is 44.8 Å². The molecule has 0 spiro atoms. The van der Waals surface area contributed by atoms with E-state index >= 15 is 0 Å². The molecule has 0 bridgehead atoms. The molecular weight excluding hydrogens is 356 g/mol. The van der Waals surface area contributed by atoms with Gasteiger partial charge in [0.25, 0.3) is 5.91 Å². The Bertz CT molecular complexity index is 518. The molecule has 1 heterocycles. The lowest BCUT2D eigenvalue weighted by molar-refractivity contribution is -0.127. The normalized spacial score (nSPS) is 22.9. The van der Waals surface area contributed by atoms with Gasteiger partial charge in [-0.15, -0.1) is 11.3 Å². The molecule has 1 aromatic heterocycles. The van der Waals surface area contributed by atoms with Crippen LogP contribution in [0, 0.1) is 0 Å². The number of nitrogens with zero attached hydrogens (tertiary/aromatic N) is 1. The molecule has 2 rings (SSSR count). The van der Waals surface area contributed by atoms with Crippen LogP contribution in [0.15, 0.2) is 21.1 Å². The van der Waals surface area contributed by atoms with Crippen LogP contribution in [0.5, 0.6) is 0 Å². The van der Waals surface area contributed by atoms with Crippen molar-refractivity contribution < 1.29 is 14.7 Å². The maximum Gasteiger partial charge on any atom is 0.261 e. The molecule has 1 amide bonds. The second-order valence-corrected chi connectivity index (χ2v) is 7.54. The molecule has 21 heavy (non-hydrogen) atoms. The van der Waals surface area contributed by atoms with E-state index in [4.69, 9.17) is 4.84 Å². The van der Waals surface area contributed by atoms with Gasteiger partial charge in [-0.25, -0.2) is 0 Å². The zero-order valence-corrected chi connectivity index (χ0v) is 14.2. The predicted octanol–water partition coefficient (Wildman–Crippen LogP) is 2.67. The molecule has 116 valence electrons. The highest BCUT2D eigenvalue weighted by molar-refractivity contribution is 9.11. The first-order valence-corrected chi connectivity index (χ1v) is 8.57. The maximum atomic E-state index is 11.8. The lowest BCUT2D eigenvalue weighted by atomic mass is 9.92. The molecule has 0 saturated heterocycles. The molecule has 0 aliphatic heterocycles. The van der Waals surface area contributed by atoms with E-state index < -0.39 is 6.10 Å². The molecule has 2 atom stereocenters. The van der Waals surface area contributed by atoms with Gasteiger partial charge in [-0.3, -0.25) is 4.79 Å². The van der Waals surface area contributed by atoms with Crippen LogP contribution in [0.2, 0.25) is 0 Å². The molecule has 5 nitrogen and oxygen atoms in total. The molecule has 1 aromatic rings. The lowest BCUT2D eigenvalue weighted by Crippen LogP contribution is -2.46. The topological polar surface area (TPSA) is 70.9 Å². The van der Waals surface area contributed by atoms with Crippen LogP contribution >= 0.6 is 27.3 Å². The lowest BCUT2D eigenvalue weighted by Gasteiger charge is -2.28. The molecule has 1 aliphatic rings. The van der Waals surface area contributed by atoms with Gasteiger partial charge >= 0.3 is 0 Å². The SMILES string of the molecule is C/C(=N\OCC(=O)NC1CCCCC1O)c1ccc(Br)s1. The first-order valence-electron chi connectivity index (χ1n) is 6.96. The number of hydrogen-bond acceptors (Lipinski definition) is 5. The molecule has 1 aliphatic carbocycles. The van der Waals surface area contributed by atoms with Gasteiger partial charge in [-0.2, -0.15) is 0 Å². The Balaban J connectivity index is 1.76. The van der Waals surface area contributed by atoms with Gasteiger partial charge in [0, 0.05) is 0 Å². The zero-order chi connectivity index (χ0) is 15.2. The molecule has 1 saturated carbocycles. The number of thiophene rings is 1. The summed E-state index contributed by atoms with van der Waals surface area (Å²) in [6.07, 6.45) is 3.17. The van der Waals surface area contributed by atoms with E-state index in [2.05, 4.69) is 26.4 Å². The number of halogens is 1. The van der Waals surface area contributed by atoms with E-state index in [1.54, 1.807) is 11.3 Å². The van der Waals surface area contributed by atoms with Crippen molar-refractivity contribution in [2.24, 2.45) is 5.16 Å². The molecule has 2 unspecified atom stereocenters. The second kappa shape index (κ2) is 7.91. The fourth-order valence-electron chi connectivity index (χ4n) is 2.27. The third kappa shape index (κ3) is 5.09. The van der Waals surface area contributed by atoms with Gasteiger partial charge in [0.2, 0.25) is 0 Å².